The quantitative estimate of drug-likeness (QED) is 0.600. The van der Waals surface area contributed by atoms with Crippen LogP contribution in [0.25, 0.3) is 0 Å². The van der Waals surface area contributed by atoms with Gasteiger partial charge in [0, 0.05) is 22.2 Å². The van der Waals surface area contributed by atoms with E-state index in [9.17, 15) is 4.79 Å². The van der Waals surface area contributed by atoms with Crippen molar-refractivity contribution in [2.24, 2.45) is 0 Å². The van der Waals surface area contributed by atoms with Crippen molar-refractivity contribution < 1.29 is 9.53 Å². The fourth-order valence-corrected chi connectivity index (χ4v) is 2.50. The molecule has 0 spiro atoms. The van der Waals surface area contributed by atoms with Crippen molar-refractivity contribution in [1.29, 1.82) is 0 Å². The van der Waals surface area contributed by atoms with Crippen LogP contribution in [0.4, 0.5) is 0 Å². The highest BCUT2D eigenvalue weighted by Gasteiger charge is 2.15. The van der Waals surface area contributed by atoms with E-state index in [-0.39, 0.29) is 5.78 Å². The number of hydrogen-bond acceptors (Lipinski definition) is 2. The van der Waals surface area contributed by atoms with Gasteiger partial charge in [-0.05, 0) is 60.4 Å². The number of halogens is 1. The maximum atomic E-state index is 11.9. The highest BCUT2D eigenvalue weighted by atomic mass is 127. The molecule has 0 aromatic heterocycles. The standard InChI is InChI=1S/C14H17IO2/c15-12-8-6-11(7-9-12)14(16)5-1-3-13-4-2-10-17-13/h6-9,13H,1-5,10H2. The van der Waals surface area contributed by atoms with Crippen LogP contribution in [-0.2, 0) is 4.74 Å². The Bertz CT molecular complexity index is 366. The van der Waals surface area contributed by atoms with Crippen molar-refractivity contribution in [3.8, 4) is 0 Å². The fourth-order valence-electron chi connectivity index (χ4n) is 2.14. The van der Waals surface area contributed by atoms with Gasteiger partial charge in [-0.3, -0.25) is 4.79 Å². The summed E-state index contributed by atoms with van der Waals surface area (Å²) < 4.78 is 6.71. The van der Waals surface area contributed by atoms with Gasteiger partial charge in [-0.2, -0.15) is 0 Å². The lowest BCUT2D eigenvalue weighted by atomic mass is 10.0. The van der Waals surface area contributed by atoms with Crippen LogP contribution < -0.4 is 0 Å². The third-order valence-electron chi connectivity index (χ3n) is 3.12. The molecule has 1 aliphatic heterocycles. The molecule has 17 heavy (non-hydrogen) atoms. The first-order chi connectivity index (χ1) is 8.25. The second kappa shape index (κ2) is 6.50. The smallest absolute Gasteiger partial charge is 0.162 e. The van der Waals surface area contributed by atoms with E-state index in [1.54, 1.807) is 0 Å². The van der Waals surface area contributed by atoms with E-state index in [2.05, 4.69) is 22.6 Å². The molecule has 1 aromatic carbocycles. The molecule has 1 atom stereocenters. The average molecular weight is 344 g/mol. The summed E-state index contributed by atoms with van der Waals surface area (Å²) >= 11 is 2.25. The second-order valence-corrected chi connectivity index (χ2v) is 5.70. The summed E-state index contributed by atoms with van der Waals surface area (Å²) in [7, 11) is 0. The van der Waals surface area contributed by atoms with Gasteiger partial charge >= 0.3 is 0 Å². The molecule has 2 rings (SSSR count). The Hall–Kier alpha value is -0.420. The Morgan fingerprint density at radius 2 is 2.12 bits per heavy atom. The molecule has 0 amide bonds. The van der Waals surface area contributed by atoms with Crippen LogP contribution in [0.15, 0.2) is 24.3 Å². The molecule has 3 heteroatoms. The van der Waals surface area contributed by atoms with Crippen molar-refractivity contribution in [3.63, 3.8) is 0 Å². The second-order valence-electron chi connectivity index (χ2n) is 4.46. The summed E-state index contributed by atoms with van der Waals surface area (Å²) in [6.45, 7) is 0.899. The SMILES string of the molecule is O=C(CCCC1CCCO1)c1ccc(I)cc1. The summed E-state index contributed by atoms with van der Waals surface area (Å²) in [5.41, 5.74) is 0.831. The maximum Gasteiger partial charge on any atom is 0.162 e. The maximum absolute atomic E-state index is 11.9. The Kier molecular flexibility index (Phi) is 4.98. The lowest BCUT2D eigenvalue weighted by molar-refractivity contribution is 0.0923. The van der Waals surface area contributed by atoms with Gasteiger partial charge < -0.3 is 4.74 Å². The number of carbonyl (C=O) groups excluding carboxylic acids is 1. The summed E-state index contributed by atoms with van der Waals surface area (Å²) in [6.07, 6.45) is 5.35. The van der Waals surface area contributed by atoms with E-state index in [1.807, 2.05) is 24.3 Å². The van der Waals surface area contributed by atoms with Crippen molar-refractivity contribution in [2.45, 2.75) is 38.2 Å². The predicted molar refractivity (Wildman–Crippen MR) is 76.3 cm³/mol. The van der Waals surface area contributed by atoms with Gasteiger partial charge in [0.05, 0.1) is 6.10 Å². The molecule has 0 radical (unpaired) electrons. The molecular weight excluding hydrogens is 327 g/mol. The van der Waals surface area contributed by atoms with Gasteiger partial charge in [0.2, 0.25) is 0 Å². The minimum atomic E-state index is 0.249. The molecule has 92 valence electrons. The molecule has 0 bridgehead atoms. The predicted octanol–water partition coefficient (Wildman–Crippen LogP) is 3.82. The first kappa shape index (κ1) is 13.0. The summed E-state index contributed by atoms with van der Waals surface area (Å²) in [5, 5.41) is 0. The number of benzene rings is 1. The molecule has 1 fully saturated rings. The van der Waals surface area contributed by atoms with Gasteiger partial charge in [0.1, 0.15) is 0 Å². The van der Waals surface area contributed by atoms with Crippen LogP contribution in [0, 0.1) is 3.57 Å². The third-order valence-corrected chi connectivity index (χ3v) is 3.84. The van der Waals surface area contributed by atoms with E-state index in [0.717, 1.165) is 31.4 Å². The summed E-state index contributed by atoms with van der Waals surface area (Å²) in [5.74, 6) is 0.249. The lowest BCUT2D eigenvalue weighted by Gasteiger charge is -2.08. The van der Waals surface area contributed by atoms with Gasteiger partial charge in [0.15, 0.2) is 5.78 Å². The summed E-state index contributed by atoms with van der Waals surface area (Å²) in [6, 6.07) is 7.79. The van der Waals surface area contributed by atoms with E-state index >= 15 is 0 Å². The number of Topliss-reactive ketones (excluding diaryl/α,β-unsaturated/α-hetero) is 1. The van der Waals surface area contributed by atoms with Crippen molar-refractivity contribution in [3.05, 3.63) is 33.4 Å². The lowest BCUT2D eigenvalue weighted by Crippen LogP contribution is -2.06. The molecule has 1 saturated heterocycles. The molecule has 0 aliphatic carbocycles. The van der Waals surface area contributed by atoms with Crippen molar-refractivity contribution in [2.75, 3.05) is 6.61 Å². The number of ether oxygens (including phenoxy) is 1. The van der Waals surface area contributed by atoms with Crippen LogP contribution in [0.5, 0.6) is 0 Å². The molecule has 0 N–H and O–H groups in total. The van der Waals surface area contributed by atoms with Crippen LogP contribution >= 0.6 is 22.6 Å². The van der Waals surface area contributed by atoms with Crippen LogP contribution in [0.2, 0.25) is 0 Å². The Morgan fingerprint density at radius 3 is 2.76 bits per heavy atom. The zero-order valence-electron chi connectivity index (χ0n) is 9.82. The fraction of sp³-hybridized carbons (Fsp3) is 0.500. The largest absolute Gasteiger partial charge is 0.378 e. The molecule has 1 heterocycles. The van der Waals surface area contributed by atoms with Crippen LogP contribution in [0.3, 0.4) is 0 Å². The van der Waals surface area contributed by atoms with E-state index in [4.69, 9.17) is 4.74 Å². The first-order valence-electron chi connectivity index (χ1n) is 6.16. The number of rotatable bonds is 5. The van der Waals surface area contributed by atoms with Gasteiger partial charge in [-0.25, -0.2) is 0 Å². The zero-order chi connectivity index (χ0) is 12.1. The third kappa shape index (κ3) is 4.07. The van der Waals surface area contributed by atoms with Gasteiger partial charge in [-0.15, -0.1) is 0 Å². The van der Waals surface area contributed by atoms with Crippen LogP contribution in [-0.4, -0.2) is 18.5 Å². The Morgan fingerprint density at radius 1 is 1.35 bits per heavy atom. The first-order valence-corrected chi connectivity index (χ1v) is 7.24. The Labute approximate surface area is 116 Å². The number of hydrogen-bond donors (Lipinski definition) is 0. The molecular formula is C14H17IO2. The van der Waals surface area contributed by atoms with Crippen molar-refractivity contribution >= 4 is 28.4 Å². The van der Waals surface area contributed by atoms with Crippen molar-refractivity contribution in [1.82, 2.24) is 0 Å². The molecule has 1 unspecified atom stereocenters. The number of ketones is 1. The highest BCUT2D eigenvalue weighted by Crippen LogP contribution is 2.18. The zero-order valence-corrected chi connectivity index (χ0v) is 12.0. The van der Waals surface area contributed by atoms with Gasteiger partial charge in [0.25, 0.3) is 0 Å². The Balaban J connectivity index is 1.75. The molecule has 1 aliphatic rings. The summed E-state index contributed by atoms with van der Waals surface area (Å²) in [4.78, 5) is 11.9. The van der Waals surface area contributed by atoms with Crippen LogP contribution in [0.1, 0.15) is 42.5 Å². The molecule has 1 aromatic rings. The average Bonchev–Trinajstić information content (AvgIpc) is 2.83. The monoisotopic (exact) mass is 344 g/mol. The number of carbonyl (C=O) groups is 1. The molecule has 2 nitrogen and oxygen atoms in total. The molecule has 0 saturated carbocycles. The van der Waals surface area contributed by atoms with Gasteiger partial charge in [-0.1, -0.05) is 12.1 Å². The minimum absolute atomic E-state index is 0.249. The highest BCUT2D eigenvalue weighted by molar-refractivity contribution is 14.1. The van der Waals surface area contributed by atoms with E-state index in [1.165, 1.54) is 9.99 Å². The minimum Gasteiger partial charge on any atom is -0.378 e. The van der Waals surface area contributed by atoms with E-state index in [0.29, 0.717) is 12.5 Å². The normalized spacial score (nSPS) is 19.5. The topological polar surface area (TPSA) is 26.3 Å². The van der Waals surface area contributed by atoms with E-state index < -0.39 is 0 Å².